The number of aromatic amines is 1. The van der Waals surface area contributed by atoms with E-state index in [1.807, 2.05) is 26.2 Å². The number of benzene rings is 1. The Morgan fingerprint density at radius 2 is 1.95 bits per heavy atom. The molecule has 5 rings (SSSR count). The predicted molar refractivity (Wildman–Crippen MR) is 149 cm³/mol. The van der Waals surface area contributed by atoms with E-state index in [9.17, 15) is 14.0 Å². The van der Waals surface area contributed by atoms with Crippen LogP contribution in [-0.2, 0) is 11.3 Å². The Morgan fingerprint density at radius 3 is 2.59 bits per heavy atom. The van der Waals surface area contributed by atoms with Gasteiger partial charge in [0.15, 0.2) is 11.5 Å². The van der Waals surface area contributed by atoms with Crippen molar-refractivity contribution in [2.45, 2.75) is 68.7 Å². The standard InChI is InChI=1S/C28H35ClFN3O5S/c1-15-8-23(39-3)20(27(35)32-15)10-31-26(34)19-9-21(29)25-24(16(19)2)38-22(11-37-25)17-4-6-18(7-5-17)33-28(12-30)13-36-14-28/h8-9,17-18,22,33H,4-7,10-14H2,1-3H3,(H,31,34)(H,32,35)/t17?,18?,22-/m1/s1. The second kappa shape index (κ2) is 11.7. The molecule has 1 saturated heterocycles. The second-order valence-corrected chi connectivity index (χ2v) is 12.1. The van der Waals surface area contributed by atoms with Crippen LogP contribution < -0.4 is 25.7 Å². The molecule has 0 unspecified atom stereocenters. The van der Waals surface area contributed by atoms with Gasteiger partial charge >= 0.3 is 0 Å². The number of pyridine rings is 1. The largest absolute Gasteiger partial charge is 0.484 e. The average molecular weight is 580 g/mol. The van der Waals surface area contributed by atoms with Gasteiger partial charge in [0.05, 0.1) is 23.8 Å². The average Bonchev–Trinajstić information content (AvgIpc) is 2.91. The van der Waals surface area contributed by atoms with Crippen LogP contribution in [0.25, 0.3) is 0 Å². The third-order valence-corrected chi connectivity index (χ3v) is 9.13. The number of carbonyl (C=O) groups is 1. The molecule has 3 aliphatic rings. The van der Waals surface area contributed by atoms with Gasteiger partial charge in [-0.2, -0.15) is 0 Å². The molecule has 0 bridgehead atoms. The van der Waals surface area contributed by atoms with Crippen molar-refractivity contribution in [3.63, 3.8) is 0 Å². The summed E-state index contributed by atoms with van der Waals surface area (Å²) < 4.78 is 31.2. The SMILES string of the molecule is CSc1cc(C)[nH]c(=O)c1CNC(=O)c1cc(Cl)c2c(c1C)O[C@@H](C1CCC(NC3(CF)COC3)CC1)CO2. The lowest BCUT2D eigenvalue weighted by atomic mass is 9.81. The van der Waals surface area contributed by atoms with Crippen LogP contribution in [0.1, 0.15) is 52.9 Å². The number of aryl methyl sites for hydroxylation is 1. The van der Waals surface area contributed by atoms with Gasteiger partial charge in [-0.3, -0.25) is 9.59 Å². The Morgan fingerprint density at radius 1 is 1.21 bits per heavy atom. The molecule has 8 nitrogen and oxygen atoms in total. The minimum Gasteiger partial charge on any atom is -0.484 e. The maximum absolute atomic E-state index is 13.5. The van der Waals surface area contributed by atoms with Gasteiger partial charge < -0.3 is 29.8 Å². The number of amides is 1. The van der Waals surface area contributed by atoms with E-state index in [0.717, 1.165) is 36.3 Å². The third kappa shape index (κ3) is 5.80. The fourth-order valence-electron chi connectivity index (χ4n) is 5.71. The van der Waals surface area contributed by atoms with Gasteiger partial charge in [-0.15, -0.1) is 11.8 Å². The molecule has 0 radical (unpaired) electrons. The fraction of sp³-hybridized carbons (Fsp3) is 0.571. The van der Waals surface area contributed by atoms with Gasteiger partial charge in [-0.25, -0.2) is 4.39 Å². The Balaban J connectivity index is 1.25. The predicted octanol–water partition coefficient (Wildman–Crippen LogP) is 4.32. The van der Waals surface area contributed by atoms with E-state index < -0.39 is 12.2 Å². The van der Waals surface area contributed by atoms with E-state index in [4.69, 9.17) is 25.8 Å². The molecular weight excluding hydrogens is 545 g/mol. The molecule has 1 amide bonds. The first-order chi connectivity index (χ1) is 18.7. The van der Waals surface area contributed by atoms with Crippen LogP contribution in [0, 0.1) is 19.8 Å². The molecule has 1 atom stereocenters. The maximum atomic E-state index is 13.5. The summed E-state index contributed by atoms with van der Waals surface area (Å²) in [6.07, 6.45) is 5.45. The first-order valence-corrected chi connectivity index (χ1v) is 14.9. The van der Waals surface area contributed by atoms with E-state index in [-0.39, 0.29) is 36.1 Å². The van der Waals surface area contributed by atoms with Crippen molar-refractivity contribution in [1.29, 1.82) is 0 Å². The van der Waals surface area contributed by atoms with E-state index in [2.05, 4.69) is 15.6 Å². The van der Waals surface area contributed by atoms with Crippen molar-refractivity contribution in [3.8, 4) is 11.5 Å². The van der Waals surface area contributed by atoms with Crippen molar-refractivity contribution in [2.75, 3.05) is 32.8 Å². The number of H-pyrrole nitrogens is 1. The van der Waals surface area contributed by atoms with Crippen LogP contribution in [0.5, 0.6) is 11.5 Å². The van der Waals surface area contributed by atoms with Crippen LogP contribution in [-0.4, -0.2) is 61.3 Å². The molecule has 0 spiro atoms. The third-order valence-electron chi connectivity index (χ3n) is 8.04. The number of carbonyl (C=O) groups excluding carboxylic acids is 1. The number of ether oxygens (including phenoxy) is 3. The summed E-state index contributed by atoms with van der Waals surface area (Å²) in [5.74, 6) is 0.879. The van der Waals surface area contributed by atoms with Crippen molar-refractivity contribution in [1.82, 2.24) is 15.6 Å². The summed E-state index contributed by atoms with van der Waals surface area (Å²) in [6.45, 7) is 4.56. The maximum Gasteiger partial charge on any atom is 0.254 e. The number of halogens is 2. The molecule has 39 heavy (non-hydrogen) atoms. The smallest absolute Gasteiger partial charge is 0.254 e. The van der Waals surface area contributed by atoms with Gasteiger partial charge in [0.2, 0.25) is 0 Å². The van der Waals surface area contributed by atoms with Gasteiger partial charge in [-0.1, -0.05) is 11.6 Å². The fourth-order valence-corrected chi connectivity index (χ4v) is 6.67. The second-order valence-electron chi connectivity index (χ2n) is 10.8. The zero-order chi connectivity index (χ0) is 27.7. The monoisotopic (exact) mass is 579 g/mol. The summed E-state index contributed by atoms with van der Waals surface area (Å²) in [7, 11) is 0. The number of alkyl halides is 1. The van der Waals surface area contributed by atoms with Crippen LogP contribution >= 0.6 is 23.4 Å². The van der Waals surface area contributed by atoms with Crippen molar-refractivity contribution in [2.24, 2.45) is 5.92 Å². The number of thioether (sulfide) groups is 1. The quantitative estimate of drug-likeness (QED) is 0.400. The number of nitrogens with one attached hydrogen (secondary N) is 3. The molecule has 2 aromatic rings. The Hall–Kier alpha value is -2.27. The zero-order valence-corrected chi connectivity index (χ0v) is 24.0. The summed E-state index contributed by atoms with van der Waals surface area (Å²) in [5, 5.41) is 6.65. The number of rotatable bonds is 8. The van der Waals surface area contributed by atoms with E-state index >= 15 is 0 Å². The molecule has 212 valence electrons. The Bertz CT molecular complexity index is 1290. The lowest BCUT2D eigenvalue weighted by Gasteiger charge is -2.45. The Kier molecular flexibility index (Phi) is 8.47. The molecule has 1 aromatic carbocycles. The minimum absolute atomic E-state index is 0.0891. The molecule has 3 heterocycles. The number of hydrogen-bond acceptors (Lipinski definition) is 7. The van der Waals surface area contributed by atoms with Crippen LogP contribution in [0.4, 0.5) is 4.39 Å². The molecule has 1 aromatic heterocycles. The highest BCUT2D eigenvalue weighted by Crippen LogP contribution is 2.45. The van der Waals surface area contributed by atoms with Crippen LogP contribution in [0.2, 0.25) is 5.02 Å². The molecule has 1 saturated carbocycles. The van der Waals surface area contributed by atoms with Crippen LogP contribution in [0.15, 0.2) is 21.8 Å². The highest BCUT2D eigenvalue weighted by molar-refractivity contribution is 7.98. The molecule has 2 aliphatic heterocycles. The van der Waals surface area contributed by atoms with Gasteiger partial charge in [0.25, 0.3) is 11.5 Å². The zero-order valence-electron chi connectivity index (χ0n) is 22.5. The van der Waals surface area contributed by atoms with Crippen LogP contribution in [0.3, 0.4) is 0 Å². The minimum atomic E-state index is -0.518. The summed E-state index contributed by atoms with van der Waals surface area (Å²) in [4.78, 5) is 29.3. The normalized spacial score (nSPS) is 23.7. The molecule has 11 heteroatoms. The van der Waals surface area contributed by atoms with Gasteiger partial charge in [-0.05, 0) is 63.8 Å². The summed E-state index contributed by atoms with van der Waals surface area (Å²) >= 11 is 7.99. The highest BCUT2D eigenvalue weighted by Gasteiger charge is 2.42. The first kappa shape index (κ1) is 28.3. The number of fused-ring (bicyclic) bond motifs is 1. The number of aromatic nitrogens is 1. The highest BCUT2D eigenvalue weighted by atomic mass is 35.5. The number of hydrogen-bond donors (Lipinski definition) is 3. The van der Waals surface area contributed by atoms with Gasteiger partial charge in [0, 0.05) is 39.9 Å². The molecule has 1 aliphatic carbocycles. The summed E-state index contributed by atoms with van der Waals surface area (Å²) in [5.41, 5.74) is 1.56. The van der Waals surface area contributed by atoms with Crippen molar-refractivity contribution in [3.05, 3.63) is 49.9 Å². The van der Waals surface area contributed by atoms with Gasteiger partial charge in [0.1, 0.15) is 19.4 Å². The molecular formula is C28H35ClFN3O5S. The first-order valence-electron chi connectivity index (χ1n) is 13.3. The lowest BCUT2D eigenvalue weighted by Crippen LogP contribution is -2.65. The van der Waals surface area contributed by atoms with E-state index in [1.54, 1.807) is 6.07 Å². The van der Waals surface area contributed by atoms with E-state index in [0.29, 0.717) is 53.0 Å². The van der Waals surface area contributed by atoms with E-state index in [1.165, 1.54) is 11.8 Å². The van der Waals surface area contributed by atoms with Crippen molar-refractivity contribution >= 4 is 29.3 Å². The molecule has 3 N–H and O–H groups in total. The summed E-state index contributed by atoms with van der Waals surface area (Å²) in [6, 6.07) is 3.74. The molecule has 2 fully saturated rings. The van der Waals surface area contributed by atoms with Crippen molar-refractivity contribution < 1.29 is 23.4 Å². The Labute approximate surface area is 236 Å². The lowest BCUT2D eigenvalue weighted by molar-refractivity contribution is -0.0924. The topological polar surface area (TPSA) is 102 Å².